The first-order chi connectivity index (χ1) is 9.67. The van der Waals surface area contributed by atoms with Gasteiger partial charge in [0.05, 0.1) is 16.0 Å². The number of imidazole rings is 1. The van der Waals surface area contributed by atoms with Crippen LogP contribution in [0.4, 0.5) is 11.6 Å². The zero-order chi connectivity index (χ0) is 14.1. The molecule has 7 heteroatoms. The number of nitrogens with two attached hydrogens (primary N) is 1. The van der Waals surface area contributed by atoms with E-state index in [1.54, 1.807) is 6.07 Å². The largest absolute Gasteiger partial charge is 0.342 e. The molecule has 1 atom stereocenters. The lowest BCUT2D eigenvalue weighted by molar-refractivity contribution is -0.384. The number of H-pyrrole nitrogens is 1. The smallest absolute Gasteiger partial charge is 0.271 e. The Morgan fingerprint density at radius 2 is 2.40 bits per heavy atom. The van der Waals surface area contributed by atoms with Crippen LogP contribution >= 0.6 is 0 Å². The highest BCUT2D eigenvalue weighted by Crippen LogP contribution is 2.25. The molecule has 0 spiro atoms. The van der Waals surface area contributed by atoms with Gasteiger partial charge in [0.15, 0.2) is 0 Å². The summed E-state index contributed by atoms with van der Waals surface area (Å²) in [7, 11) is 0. The van der Waals surface area contributed by atoms with Crippen molar-refractivity contribution in [1.82, 2.24) is 9.97 Å². The van der Waals surface area contributed by atoms with Gasteiger partial charge in [0, 0.05) is 25.2 Å². The molecule has 0 aliphatic carbocycles. The molecule has 0 saturated carbocycles. The average Bonchev–Trinajstić information content (AvgIpc) is 2.90. The highest BCUT2D eigenvalue weighted by molar-refractivity contribution is 5.80. The lowest BCUT2D eigenvalue weighted by atomic mass is 9.99. The maximum atomic E-state index is 10.8. The van der Waals surface area contributed by atoms with Gasteiger partial charge in [-0.05, 0) is 31.4 Å². The van der Waals surface area contributed by atoms with Crippen molar-refractivity contribution in [1.29, 1.82) is 0 Å². The van der Waals surface area contributed by atoms with Gasteiger partial charge in [-0.2, -0.15) is 0 Å². The Morgan fingerprint density at radius 3 is 3.15 bits per heavy atom. The maximum absolute atomic E-state index is 10.8. The second kappa shape index (κ2) is 5.09. The minimum Gasteiger partial charge on any atom is -0.342 e. The summed E-state index contributed by atoms with van der Waals surface area (Å²) in [5, 5.41) is 10.8. The van der Waals surface area contributed by atoms with Crippen LogP contribution in [0.3, 0.4) is 0 Å². The molecule has 1 aliphatic heterocycles. The Morgan fingerprint density at radius 1 is 1.55 bits per heavy atom. The SMILES string of the molecule is NC[C@@H]1CCCN(c2nc3ccc([N+](=O)[O-])cc3[nH]2)C1. The minimum absolute atomic E-state index is 0.0752. The van der Waals surface area contributed by atoms with Crippen molar-refractivity contribution in [3.8, 4) is 0 Å². The Balaban J connectivity index is 1.90. The number of anilines is 1. The normalized spacial score (nSPS) is 19.4. The number of nitro groups is 1. The molecule has 20 heavy (non-hydrogen) atoms. The van der Waals surface area contributed by atoms with Crippen molar-refractivity contribution in [2.24, 2.45) is 11.7 Å². The predicted octanol–water partition coefficient (Wildman–Crippen LogP) is 1.65. The Kier molecular flexibility index (Phi) is 3.27. The van der Waals surface area contributed by atoms with Gasteiger partial charge in [-0.3, -0.25) is 10.1 Å². The molecular formula is C13H17N5O2. The van der Waals surface area contributed by atoms with E-state index in [0.29, 0.717) is 18.0 Å². The predicted molar refractivity (Wildman–Crippen MR) is 76.7 cm³/mol. The van der Waals surface area contributed by atoms with Crippen LogP contribution in [0.15, 0.2) is 18.2 Å². The van der Waals surface area contributed by atoms with Crippen LogP contribution in [-0.4, -0.2) is 34.5 Å². The summed E-state index contributed by atoms with van der Waals surface area (Å²) < 4.78 is 0. The fourth-order valence-corrected chi connectivity index (χ4v) is 2.70. The lowest BCUT2D eigenvalue weighted by Gasteiger charge is -2.31. The molecule has 3 N–H and O–H groups in total. The van der Waals surface area contributed by atoms with Gasteiger partial charge in [-0.15, -0.1) is 0 Å². The standard InChI is InChI=1S/C13H17N5O2/c14-7-9-2-1-5-17(8-9)13-15-11-4-3-10(18(19)20)6-12(11)16-13/h3-4,6,9H,1-2,5,7-8,14H2,(H,15,16)/t9-/m0/s1. The summed E-state index contributed by atoms with van der Waals surface area (Å²) in [6, 6.07) is 4.68. The molecule has 0 amide bonds. The summed E-state index contributed by atoms with van der Waals surface area (Å²) in [6.07, 6.45) is 2.25. The second-order valence-corrected chi connectivity index (χ2v) is 5.21. The molecule has 2 heterocycles. The zero-order valence-electron chi connectivity index (χ0n) is 11.1. The third-order valence-corrected chi connectivity index (χ3v) is 3.82. The summed E-state index contributed by atoms with van der Waals surface area (Å²) >= 11 is 0. The number of piperidine rings is 1. The fraction of sp³-hybridized carbons (Fsp3) is 0.462. The number of nitrogens with one attached hydrogen (secondary N) is 1. The molecule has 0 unspecified atom stereocenters. The summed E-state index contributed by atoms with van der Waals surface area (Å²) in [5.41, 5.74) is 7.26. The molecule has 2 aromatic rings. The van der Waals surface area contributed by atoms with Gasteiger partial charge in [-0.1, -0.05) is 0 Å². The monoisotopic (exact) mass is 275 g/mol. The van der Waals surface area contributed by atoms with Crippen LogP contribution < -0.4 is 10.6 Å². The van der Waals surface area contributed by atoms with E-state index in [1.165, 1.54) is 12.1 Å². The van der Waals surface area contributed by atoms with Crippen molar-refractivity contribution >= 4 is 22.7 Å². The molecule has 7 nitrogen and oxygen atoms in total. The highest BCUT2D eigenvalue weighted by atomic mass is 16.6. The highest BCUT2D eigenvalue weighted by Gasteiger charge is 2.21. The van der Waals surface area contributed by atoms with E-state index in [1.807, 2.05) is 0 Å². The molecule has 0 radical (unpaired) electrons. The van der Waals surface area contributed by atoms with Gasteiger partial charge < -0.3 is 15.6 Å². The molecule has 1 aromatic heterocycles. The third kappa shape index (κ3) is 2.32. The fourth-order valence-electron chi connectivity index (χ4n) is 2.70. The first-order valence-electron chi connectivity index (χ1n) is 6.76. The van der Waals surface area contributed by atoms with E-state index in [9.17, 15) is 10.1 Å². The van der Waals surface area contributed by atoms with Crippen molar-refractivity contribution in [3.63, 3.8) is 0 Å². The average molecular weight is 275 g/mol. The van der Waals surface area contributed by atoms with Crippen LogP contribution in [0.5, 0.6) is 0 Å². The first kappa shape index (κ1) is 12.9. The van der Waals surface area contributed by atoms with Crippen molar-refractivity contribution < 1.29 is 4.92 Å². The van der Waals surface area contributed by atoms with E-state index in [4.69, 9.17) is 5.73 Å². The lowest BCUT2D eigenvalue weighted by Crippen LogP contribution is -2.38. The van der Waals surface area contributed by atoms with E-state index >= 15 is 0 Å². The Hall–Kier alpha value is -2.15. The quantitative estimate of drug-likeness (QED) is 0.655. The van der Waals surface area contributed by atoms with Gasteiger partial charge >= 0.3 is 0 Å². The first-order valence-corrected chi connectivity index (χ1v) is 6.76. The number of benzene rings is 1. The molecule has 1 fully saturated rings. The number of non-ortho nitro benzene ring substituents is 1. The number of aromatic amines is 1. The summed E-state index contributed by atoms with van der Waals surface area (Å²) in [5.74, 6) is 1.27. The number of rotatable bonds is 3. The van der Waals surface area contributed by atoms with Crippen LogP contribution in [0.1, 0.15) is 12.8 Å². The minimum atomic E-state index is -0.398. The molecule has 1 saturated heterocycles. The van der Waals surface area contributed by atoms with Crippen molar-refractivity contribution in [3.05, 3.63) is 28.3 Å². The van der Waals surface area contributed by atoms with Gasteiger partial charge in [-0.25, -0.2) is 4.98 Å². The van der Waals surface area contributed by atoms with E-state index in [0.717, 1.165) is 37.4 Å². The topological polar surface area (TPSA) is 101 Å². The van der Waals surface area contributed by atoms with Crippen LogP contribution in [0, 0.1) is 16.0 Å². The number of nitrogens with zero attached hydrogens (tertiary/aromatic N) is 3. The number of hydrogen-bond acceptors (Lipinski definition) is 5. The number of hydrogen-bond donors (Lipinski definition) is 2. The molecule has 1 aliphatic rings. The Labute approximate surface area is 115 Å². The summed E-state index contributed by atoms with van der Waals surface area (Å²) in [4.78, 5) is 20.2. The number of fused-ring (bicyclic) bond motifs is 1. The van der Waals surface area contributed by atoms with Gasteiger partial charge in [0.25, 0.3) is 5.69 Å². The number of aromatic nitrogens is 2. The molecule has 106 valence electrons. The molecular weight excluding hydrogens is 258 g/mol. The van der Waals surface area contributed by atoms with E-state index in [-0.39, 0.29) is 5.69 Å². The summed E-state index contributed by atoms with van der Waals surface area (Å²) in [6.45, 7) is 2.51. The Bertz CT molecular complexity index is 639. The van der Waals surface area contributed by atoms with Crippen LogP contribution in [0.25, 0.3) is 11.0 Å². The van der Waals surface area contributed by atoms with E-state index in [2.05, 4.69) is 14.9 Å². The third-order valence-electron chi connectivity index (χ3n) is 3.82. The van der Waals surface area contributed by atoms with Gasteiger partial charge in [0.1, 0.15) is 0 Å². The van der Waals surface area contributed by atoms with Crippen LogP contribution in [0.2, 0.25) is 0 Å². The molecule has 1 aromatic carbocycles. The molecule has 3 rings (SSSR count). The zero-order valence-corrected chi connectivity index (χ0v) is 11.1. The van der Waals surface area contributed by atoms with Crippen molar-refractivity contribution in [2.75, 3.05) is 24.5 Å². The van der Waals surface area contributed by atoms with Crippen molar-refractivity contribution in [2.45, 2.75) is 12.8 Å². The van der Waals surface area contributed by atoms with Crippen LogP contribution in [-0.2, 0) is 0 Å². The number of nitro benzene ring substituents is 1. The van der Waals surface area contributed by atoms with E-state index < -0.39 is 4.92 Å². The molecule has 0 bridgehead atoms. The van der Waals surface area contributed by atoms with Gasteiger partial charge in [0.2, 0.25) is 5.95 Å². The second-order valence-electron chi connectivity index (χ2n) is 5.21. The maximum Gasteiger partial charge on any atom is 0.271 e.